The number of epoxide rings is 1. The molecule has 2 heterocycles. The monoisotopic (exact) mass is 459 g/mol. The second kappa shape index (κ2) is 13.2. The highest BCUT2D eigenvalue weighted by Gasteiger charge is 2.78. The minimum absolute atomic E-state index is 0.0595. The Morgan fingerprint density at radius 3 is 1.97 bits per heavy atom. The summed E-state index contributed by atoms with van der Waals surface area (Å²) in [5.41, 5.74) is 0.705. The Labute approximate surface area is 202 Å². The number of hydrogen-bond acceptors (Lipinski definition) is 4. The highest BCUT2D eigenvalue weighted by Crippen LogP contribution is 2.61. The van der Waals surface area contributed by atoms with Gasteiger partial charge in [-0.3, -0.25) is 0 Å². The lowest BCUT2D eigenvalue weighted by Gasteiger charge is -2.53. The van der Waals surface area contributed by atoms with Crippen LogP contribution in [0, 0.1) is 0 Å². The molecule has 1 spiro atoms. The van der Waals surface area contributed by atoms with E-state index in [4.69, 9.17) is 9.47 Å². The normalized spacial score (nSPS) is 26.3. The van der Waals surface area contributed by atoms with Crippen LogP contribution in [-0.4, -0.2) is 41.2 Å². The summed E-state index contributed by atoms with van der Waals surface area (Å²) in [4.78, 5) is 0. The Balaban J connectivity index is 1.30. The summed E-state index contributed by atoms with van der Waals surface area (Å²) in [6.07, 6.45) is 17.8. The molecule has 4 atom stereocenters. The summed E-state index contributed by atoms with van der Waals surface area (Å²) in [6, 6.07) is 10.2. The van der Waals surface area contributed by atoms with Crippen molar-refractivity contribution in [3.05, 3.63) is 35.9 Å². The van der Waals surface area contributed by atoms with Crippen LogP contribution in [0.5, 0.6) is 0 Å². The van der Waals surface area contributed by atoms with Crippen molar-refractivity contribution in [3.63, 3.8) is 0 Å². The van der Waals surface area contributed by atoms with E-state index in [1.165, 1.54) is 82.6 Å². The summed E-state index contributed by atoms with van der Waals surface area (Å²) in [6.45, 7) is 7.34. The van der Waals surface area contributed by atoms with Crippen LogP contribution in [0.3, 0.4) is 0 Å². The quantitative estimate of drug-likeness (QED) is 0.193. The van der Waals surface area contributed by atoms with Gasteiger partial charge in [-0.15, -0.1) is 0 Å². The molecular formula is C29H49NO3. The average molecular weight is 460 g/mol. The molecule has 2 aliphatic heterocycles. The molecule has 0 radical (unpaired) electrons. The van der Waals surface area contributed by atoms with Crippen molar-refractivity contribution in [2.75, 3.05) is 6.61 Å². The lowest BCUT2D eigenvalue weighted by Crippen LogP contribution is -2.71. The molecule has 4 nitrogen and oxygen atoms in total. The number of unbranched alkanes of at least 4 members (excludes halogenated alkanes) is 11. The molecule has 0 aliphatic carbocycles. The molecule has 33 heavy (non-hydrogen) atoms. The van der Waals surface area contributed by atoms with Crippen LogP contribution in [0.15, 0.2) is 30.3 Å². The van der Waals surface area contributed by atoms with Crippen molar-refractivity contribution in [2.45, 2.75) is 140 Å². The van der Waals surface area contributed by atoms with Gasteiger partial charge >= 0.3 is 0 Å². The van der Waals surface area contributed by atoms with Crippen LogP contribution in [0.25, 0.3) is 0 Å². The first-order valence-electron chi connectivity index (χ1n) is 13.8. The van der Waals surface area contributed by atoms with Gasteiger partial charge in [0.05, 0.1) is 24.4 Å². The van der Waals surface area contributed by atoms with Crippen LogP contribution in [0.2, 0.25) is 0 Å². The Kier molecular flexibility index (Phi) is 10.7. The molecule has 0 amide bonds. The number of hydrogen-bond donors (Lipinski definition) is 2. The van der Waals surface area contributed by atoms with Crippen molar-refractivity contribution in [3.8, 4) is 0 Å². The molecule has 2 aliphatic rings. The molecule has 0 saturated carbocycles. The SMILES string of the molecule is CCCCCCCCCCCCCC[C@@H]1OC12[C@@H]([C@@H](CO)NCc1ccccc1)OC2(C)C. The molecule has 1 aromatic rings. The minimum Gasteiger partial charge on any atom is -0.395 e. The first-order chi connectivity index (χ1) is 16.0. The van der Waals surface area contributed by atoms with Gasteiger partial charge in [0.2, 0.25) is 0 Å². The Hall–Kier alpha value is -0.940. The van der Waals surface area contributed by atoms with E-state index in [9.17, 15) is 5.11 Å². The zero-order chi connectivity index (χ0) is 23.6. The van der Waals surface area contributed by atoms with E-state index in [0.717, 1.165) is 13.0 Å². The zero-order valence-corrected chi connectivity index (χ0v) is 21.5. The maximum absolute atomic E-state index is 10.0. The van der Waals surface area contributed by atoms with Crippen LogP contribution in [0.1, 0.15) is 110 Å². The molecule has 0 bridgehead atoms. The number of aliphatic hydroxyl groups excluding tert-OH is 1. The predicted molar refractivity (Wildman–Crippen MR) is 136 cm³/mol. The molecule has 1 aromatic carbocycles. The molecule has 3 rings (SSSR count). The maximum atomic E-state index is 10.0. The van der Waals surface area contributed by atoms with E-state index in [1.807, 2.05) is 18.2 Å². The molecule has 188 valence electrons. The third-order valence-electron chi connectivity index (χ3n) is 7.84. The fraction of sp³-hybridized carbons (Fsp3) is 0.793. The Morgan fingerprint density at radius 2 is 1.42 bits per heavy atom. The van der Waals surface area contributed by atoms with Crippen molar-refractivity contribution >= 4 is 0 Å². The predicted octanol–water partition coefficient (Wildman–Crippen LogP) is 6.54. The van der Waals surface area contributed by atoms with Gasteiger partial charge in [-0.25, -0.2) is 0 Å². The fourth-order valence-electron chi connectivity index (χ4n) is 5.70. The average Bonchev–Trinajstić information content (AvgIpc) is 3.58. The summed E-state index contributed by atoms with van der Waals surface area (Å²) in [5, 5.41) is 13.5. The van der Waals surface area contributed by atoms with Gasteiger partial charge in [0.25, 0.3) is 0 Å². The lowest BCUT2D eigenvalue weighted by molar-refractivity contribution is -0.264. The number of aliphatic hydroxyl groups is 1. The fourth-order valence-corrected chi connectivity index (χ4v) is 5.70. The van der Waals surface area contributed by atoms with E-state index >= 15 is 0 Å². The Morgan fingerprint density at radius 1 is 0.848 bits per heavy atom. The number of rotatable bonds is 18. The smallest absolute Gasteiger partial charge is 0.151 e. The van der Waals surface area contributed by atoms with Crippen molar-refractivity contribution in [1.82, 2.24) is 5.32 Å². The molecule has 2 saturated heterocycles. The highest BCUT2D eigenvalue weighted by atomic mass is 16.7. The summed E-state index contributed by atoms with van der Waals surface area (Å²) < 4.78 is 12.6. The van der Waals surface area contributed by atoms with Gasteiger partial charge in [-0.2, -0.15) is 0 Å². The lowest BCUT2D eigenvalue weighted by atomic mass is 9.73. The van der Waals surface area contributed by atoms with E-state index in [1.54, 1.807) is 0 Å². The first kappa shape index (κ1) is 26.7. The van der Waals surface area contributed by atoms with E-state index < -0.39 is 0 Å². The van der Waals surface area contributed by atoms with Gasteiger partial charge in [-0.1, -0.05) is 114 Å². The number of ether oxygens (including phenoxy) is 2. The van der Waals surface area contributed by atoms with E-state index in [2.05, 4.69) is 38.2 Å². The zero-order valence-electron chi connectivity index (χ0n) is 21.5. The highest BCUT2D eigenvalue weighted by molar-refractivity contribution is 5.26. The number of nitrogens with one attached hydrogen (secondary N) is 1. The largest absolute Gasteiger partial charge is 0.395 e. The van der Waals surface area contributed by atoms with Crippen LogP contribution in [-0.2, 0) is 16.0 Å². The number of benzene rings is 1. The van der Waals surface area contributed by atoms with Gasteiger partial charge in [0.1, 0.15) is 6.10 Å². The van der Waals surface area contributed by atoms with Crippen molar-refractivity contribution in [1.29, 1.82) is 0 Å². The van der Waals surface area contributed by atoms with Crippen LogP contribution >= 0.6 is 0 Å². The van der Waals surface area contributed by atoms with Gasteiger partial charge in [0.15, 0.2) is 5.60 Å². The van der Waals surface area contributed by atoms with Gasteiger partial charge < -0.3 is 19.9 Å². The maximum Gasteiger partial charge on any atom is 0.151 e. The van der Waals surface area contributed by atoms with Crippen LogP contribution < -0.4 is 5.32 Å². The molecular weight excluding hydrogens is 410 g/mol. The molecule has 4 heteroatoms. The summed E-state index contributed by atoms with van der Waals surface area (Å²) in [7, 11) is 0. The topological polar surface area (TPSA) is 54.0 Å². The third-order valence-corrected chi connectivity index (χ3v) is 7.84. The first-order valence-corrected chi connectivity index (χ1v) is 13.8. The molecule has 1 unspecified atom stereocenters. The minimum atomic E-state index is -0.276. The van der Waals surface area contributed by atoms with Gasteiger partial charge in [0, 0.05) is 6.54 Å². The molecule has 2 N–H and O–H groups in total. The second-order valence-electron chi connectivity index (χ2n) is 10.8. The molecule has 0 aromatic heterocycles. The second-order valence-corrected chi connectivity index (χ2v) is 10.8. The standard InChI is InChI=1S/C29H49NO3/c1-4-5-6-7-8-9-10-11-12-13-14-18-21-26-29(32-26)27(33-28(29,2)3)25(23-31)30-22-24-19-16-15-17-20-24/h15-17,19-20,25-27,30-31H,4-14,18,21-23H2,1-3H3/t25-,26+,27-,29?/m1/s1. The Bertz CT molecular complexity index is 664. The van der Waals surface area contributed by atoms with Gasteiger partial charge in [-0.05, 0) is 25.8 Å². The van der Waals surface area contributed by atoms with Crippen molar-refractivity contribution < 1.29 is 14.6 Å². The van der Waals surface area contributed by atoms with E-state index in [0.29, 0.717) is 0 Å². The summed E-state index contributed by atoms with van der Waals surface area (Å²) in [5.74, 6) is 0. The summed E-state index contributed by atoms with van der Waals surface area (Å²) >= 11 is 0. The van der Waals surface area contributed by atoms with Crippen LogP contribution in [0.4, 0.5) is 0 Å². The third kappa shape index (κ3) is 7.04. The molecule has 2 fully saturated rings. The van der Waals surface area contributed by atoms with Crippen molar-refractivity contribution in [2.24, 2.45) is 0 Å². The van der Waals surface area contributed by atoms with E-state index in [-0.39, 0.29) is 36.1 Å².